The zero-order valence-electron chi connectivity index (χ0n) is 11.3. The van der Waals surface area contributed by atoms with Gasteiger partial charge in [-0.2, -0.15) is 0 Å². The van der Waals surface area contributed by atoms with Crippen molar-refractivity contribution in [3.05, 3.63) is 65.7 Å². The lowest BCUT2D eigenvalue weighted by Gasteiger charge is -2.18. The third-order valence-corrected chi connectivity index (χ3v) is 3.10. The normalized spacial score (nSPS) is 11.7. The van der Waals surface area contributed by atoms with E-state index in [1.54, 1.807) is 19.2 Å². The number of nitrogens with one attached hydrogen (secondary N) is 2. The lowest BCUT2D eigenvalue weighted by atomic mass is 10.0. The maximum absolute atomic E-state index is 11.5. The molecule has 0 saturated carbocycles. The van der Waals surface area contributed by atoms with Gasteiger partial charge in [0.2, 0.25) is 0 Å². The number of amides is 1. The Morgan fingerprint density at radius 2 is 1.75 bits per heavy atom. The minimum Gasteiger partial charge on any atom is -0.394 e. The van der Waals surface area contributed by atoms with E-state index < -0.39 is 0 Å². The summed E-state index contributed by atoms with van der Waals surface area (Å²) >= 11 is 0. The molecule has 0 aromatic heterocycles. The van der Waals surface area contributed by atoms with E-state index in [9.17, 15) is 9.90 Å². The van der Waals surface area contributed by atoms with Gasteiger partial charge in [0.15, 0.2) is 0 Å². The van der Waals surface area contributed by atoms with Crippen molar-refractivity contribution >= 4 is 11.6 Å². The first-order chi connectivity index (χ1) is 9.74. The second-order valence-corrected chi connectivity index (χ2v) is 4.45. The number of carbonyl (C=O) groups is 1. The van der Waals surface area contributed by atoms with Gasteiger partial charge in [0, 0.05) is 18.3 Å². The summed E-state index contributed by atoms with van der Waals surface area (Å²) in [5, 5.41) is 15.4. The fourth-order valence-corrected chi connectivity index (χ4v) is 1.98. The van der Waals surface area contributed by atoms with Gasteiger partial charge >= 0.3 is 0 Å². The standard InChI is InChI=1S/C16H18N2O2/c1-17-16(20)13-9-7-12(8-10-13)15(11-19)18-14-5-3-2-4-6-14/h2-10,15,18-19H,11H2,1H3,(H,17,20). The summed E-state index contributed by atoms with van der Waals surface area (Å²) in [7, 11) is 1.60. The molecule has 0 aliphatic rings. The average Bonchev–Trinajstić information content (AvgIpc) is 2.53. The first kappa shape index (κ1) is 14.1. The van der Waals surface area contributed by atoms with Gasteiger partial charge in [-0.25, -0.2) is 0 Å². The molecule has 0 aliphatic carbocycles. The second kappa shape index (κ2) is 6.73. The highest BCUT2D eigenvalue weighted by Gasteiger charge is 2.11. The van der Waals surface area contributed by atoms with Crippen LogP contribution in [0.2, 0.25) is 0 Å². The predicted octanol–water partition coefficient (Wildman–Crippen LogP) is 2.19. The molecular formula is C16H18N2O2. The van der Waals surface area contributed by atoms with Crippen molar-refractivity contribution in [1.29, 1.82) is 0 Å². The van der Waals surface area contributed by atoms with Crippen molar-refractivity contribution < 1.29 is 9.90 Å². The van der Waals surface area contributed by atoms with Gasteiger partial charge in [-0.05, 0) is 29.8 Å². The Labute approximate surface area is 118 Å². The van der Waals surface area contributed by atoms with Crippen LogP contribution in [0.3, 0.4) is 0 Å². The largest absolute Gasteiger partial charge is 0.394 e. The van der Waals surface area contributed by atoms with Crippen LogP contribution in [0.1, 0.15) is 22.0 Å². The Balaban J connectivity index is 2.13. The van der Waals surface area contributed by atoms with Crippen LogP contribution in [0, 0.1) is 0 Å². The molecule has 1 atom stereocenters. The van der Waals surface area contributed by atoms with Crippen LogP contribution in [-0.4, -0.2) is 24.7 Å². The first-order valence-electron chi connectivity index (χ1n) is 6.49. The van der Waals surface area contributed by atoms with Crippen molar-refractivity contribution in [3.63, 3.8) is 0 Å². The Bertz CT molecular complexity index is 552. The van der Waals surface area contributed by atoms with Crippen molar-refractivity contribution in [2.75, 3.05) is 19.0 Å². The van der Waals surface area contributed by atoms with E-state index in [0.717, 1.165) is 11.3 Å². The number of benzene rings is 2. The molecule has 4 nitrogen and oxygen atoms in total. The predicted molar refractivity (Wildman–Crippen MR) is 79.7 cm³/mol. The zero-order chi connectivity index (χ0) is 14.4. The molecule has 104 valence electrons. The number of aliphatic hydroxyl groups excluding tert-OH is 1. The molecule has 2 rings (SSSR count). The molecule has 2 aromatic carbocycles. The fourth-order valence-electron chi connectivity index (χ4n) is 1.98. The molecule has 3 N–H and O–H groups in total. The number of anilines is 1. The topological polar surface area (TPSA) is 61.4 Å². The van der Waals surface area contributed by atoms with Gasteiger partial charge in [-0.3, -0.25) is 4.79 Å². The summed E-state index contributed by atoms with van der Waals surface area (Å²) in [6.07, 6.45) is 0. The van der Waals surface area contributed by atoms with Crippen LogP contribution in [0.25, 0.3) is 0 Å². The summed E-state index contributed by atoms with van der Waals surface area (Å²) in [4.78, 5) is 11.5. The van der Waals surface area contributed by atoms with E-state index in [2.05, 4.69) is 10.6 Å². The number of rotatable bonds is 5. The molecular weight excluding hydrogens is 252 g/mol. The molecule has 1 unspecified atom stereocenters. The number of para-hydroxylation sites is 1. The Kier molecular flexibility index (Phi) is 4.74. The monoisotopic (exact) mass is 270 g/mol. The Morgan fingerprint density at radius 3 is 2.30 bits per heavy atom. The van der Waals surface area contributed by atoms with Crippen LogP contribution < -0.4 is 10.6 Å². The lowest BCUT2D eigenvalue weighted by Crippen LogP contribution is -2.18. The Hall–Kier alpha value is -2.33. The van der Waals surface area contributed by atoms with Crippen molar-refractivity contribution in [3.8, 4) is 0 Å². The number of hydrogen-bond donors (Lipinski definition) is 3. The van der Waals surface area contributed by atoms with E-state index in [4.69, 9.17) is 0 Å². The molecule has 0 saturated heterocycles. The third-order valence-electron chi connectivity index (χ3n) is 3.10. The first-order valence-corrected chi connectivity index (χ1v) is 6.49. The number of carbonyl (C=O) groups excluding carboxylic acids is 1. The number of aliphatic hydroxyl groups is 1. The van der Waals surface area contributed by atoms with Crippen LogP contribution in [0.5, 0.6) is 0 Å². The van der Waals surface area contributed by atoms with E-state index >= 15 is 0 Å². The van der Waals surface area contributed by atoms with Gasteiger partial charge in [-0.15, -0.1) is 0 Å². The quantitative estimate of drug-likeness (QED) is 0.780. The van der Waals surface area contributed by atoms with Crippen molar-refractivity contribution in [2.45, 2.75) is 6.04 Å². The second-order valence-electron chi connectivity index (χ2n) is 4.45. The molecule has 0 fully saturated rings. The number of hydrogen-bond acceptors (Lipinski definition) is 3. The van der Waals surface area contributed by atoms with E-state index in [1.807, 2.05) is 42.5 Å². The summed E-state index contributed by atoms with van der Waals surface area (Å²) in [5.41, 5.74) is 2.48. The minimum absolute atomic E-state index is 0.0196. The summed E-state index contributed by atoms with van der Waals surface area (Å²) < 4.78 is 0. The molecule has 0 radical (unpaired) electrons. The molecule has 0 aliphatic heterocycles. The maximum Gasteiger partial charge on any atom is 0.251 e. The van der Waals surface area contributed by atoms with Gasteiger partial charge in [0.05, 0.1) is 12.6 Å². The summed E-state index contributed by atoms with van der Waals surface area (Å²) in [5.74, 6) is -0.117. The van der Waals surface area contributed by atoms with Gasteiger partial charge in [0.25, 0.3) is 5.91 Å². The van der Waals surface area contributed by atoms with Crippen LogP contribution >= 0.6 is 0 Å². The Morgan fingerprint density at radius 1 is 1.10 bits per heavy atom. The molecule has 4 heteroatoms. The highest BCUT2D eigenvalue weighted by Crippen LogP contribution is 2.19. The van der Waals surface area contributed by atoms with E-state index in [-0.39, 0.29) is 18.6 Å². The van der Waals surface area contributed by atoms with E-state index in [1.165, 1.54) is 0 Å². The molecule has 20 heavy (non-hydrogen) atoms. The van der Waals surface area contributed by atoms with E-state index in [0.29, 0.717) is 5.56 Å². The van der Waals surface area contributed by atoms with Crippen molar-refractivity contribution in [1.82, 2.24) is 5.32 Å². The SMILES string of the molecule is CNC(=O)c1ccc(C(CO)Nc2ccccc2)cc1. The van der Waals surface area contributed by atoms with Gasteiger partial charge in [0.1, 0.15) is 0 Å². The summed E-state index contributed by atoms with van der Waals surface area (Å²) in [6, 6.07) is 16.7. The lowest BCUT2D eigenvalue weighted by molar-refractivity contribution is 0.0963. The van der Waals surface area contributed by atoms with Crippen LogP contribution in [0.15, 0.2) is 54.6 Å². The minimum atomic E-state index is -0.198. The highest BCUT2D eigenvalue weighted by molar-refractivity contribution is 5.93. The molecule has 0 bridgehead atoms. The molecule has 2 aromatic rings. The average molecular weight is 270 g/mol. The maximum atomic E-state index is 11.5. The smallest absolute Gasteiger partial charge is 0.251 e. The fraction of sp³-hybridized carbons (Fsp3) is 0.188. The highest BCUT2D eigenvalue weighted by atomic mass is 16.3. The third kappa shape index (κ3) is 3.36. The van der Waals surface area contributed by atoms with Crippen LogP contribution in [0.4, 0.5) is 5.69 Å². The molecule has 0 spiro atoms. The molecule has 1 amide bonds. The van der Waals surface area contributed by atoms with Crippen LogP contribution in [-0.2, 0) is 0 Å². The van der Waals surface area contributed by atoms with Crippen molar-refractivity contribution in [2.24, 2.45) is 0 Å². The molecule has 0 heterocycles. The van der Waals surface area contributed by atoms with Gasteiger partial charge in [-0.1, -0.05) is 30.3 Å². The summed E-state index contributed by atoms with van der Waals surface area (Å²) in [6.45, 7) is -0.0196. The zero-order valence-corrected chi connectivity index (χ0v) is 11.3. The van der Waals surface area contributed by atoms with Gasteiger partial charge < -0.3 is 15.7 Å².